The van der Waals surface area contributed by atoms with E-state index in [-0.39, 0.29) is 0 Å². The van der Waals surface area contributed by atoms with Crippen LogP contribution < -0.4 is 4.57 Å². The Bertz CT molecular complexity index is 1200. The second-order valence-corrected chi connectivity index (χ2v) is 8.44. The SMILES string of the molecule is Cc1cc(C)c(C)c(-c2ccc3ccc(-c4ccc(C(C)C)cn4)cc3[n+]2C)c1. The molecular formula is C27H29N2+. The Morgan fingerprint density at radius 3 is 2.31 bits per heavy atom. The number of hydrogen-bond acceptors (Lipinski definition) is 1. The largest absolute Gasteiger partial charge is 0.256 e. The van der Waals surface area contributed by atoms with E-state index in [4.69, 9.17) is 4.98 Å². The van der Waals surface area contributed by atoms with Gasteiger partial charge < -0.3 is 0 Å². The van der Waals surface area contributed by atoms with Gasteiger partial charge in [-0.3, -0.25) is 4.98 Å². The maximum Gasteiger partial charge on any atom is 0.213 e. The zero-order valence-electron chi connectivity index (χ0n) is 18.2. The molecule has 4 aromatic rings. The Morgan fingerprint density at radius 1 is 0.862 bits per heavy atom. The Balaban J connectivity index is 1.86. The average molecular weight is 382 g/mol. The minimum atomic E-state index is 0.495. The van der Waals surface area contributed by atoms with E-state index < -0.39 is 0 Å². The van der Waals surface area contributed by atoms with E-state index >= 15 is 0 Å². The lowest BCUT2D eigenvalue weighted by Crippen LogP contribution is -2.32. The first-order chi connectivity index (χ1) is 13.8. The topological polar surface area (TPSA) is 16.8 Å². The van der Waals surface area contributed by atoms with Gasteiger partial charge >= 0.3 is 0 Å². The standard InChI is InChI=1S/C27H29N2/c1-17(2)23-9-11-25(28-16-23)22-8-7-21-10-12-26(29(6)27(21)15-22)24-14-18(3)13-19(4)20(24)5/h7-17H,1-6H3/q+1. The van der Waals surface area contributed by atoms with E-state index in [0.29, 0.717) is 5.92 Å². The second-order valence-electron chi connectivity index (χ2n) is 8.44. The molecule has 0 aliphatic carbocycles. The van der Waals surface area contributed by atoms with Gasteiger partial charge in [0.2, 0.25) is 11.2 Å². The van der Waals surface area contributed by atoms with Gasteiger partial charge in [-0.25, -0.2) is 0 Å². The smallest absolute Gasteiger partial charge is 0.213 e. The molecule has 2 heteroatoms. The van der Waals surface area contributed by atoms with Crippen molar-refractivity contribution in [3.05, 3.63) is 83.0 Å². The van der Waals surface area contributed by atoms with Crippen molar-refractivity contribution in [2.75, 3.05) is 0 Å². The van der Waals surface area contributed by atoms with Gasteiger partial charge in [-0.1, -0.05) is 37.6 Å². The molecule has 29 heavy (non-hydrogen) atoms. The number of nitrogens with zero attached hydrogens (tertiary/aromatic N) is 2. The predicted molar refractivity (Wildman–Crippen MR) is 122 cm³/mol. The number of aromatic nitrogens is 2. The lowest BCUT2D eigenvalue weighted by molar-refractivity contribution is -0.633. The van der Waals surface area contributed by atoms with Gasteiger partial charge in [0.25, 0.3) is 0 Å². The Morgan fingerprint density at radius 2 is 1.62 bits per heavy atom. The normalized spacial score (nSPS) is 11.4. The molecule has 0 saturated carbocycles. The van der Waals surface area contributed by atoms with Gasteiger partial charge in [-0.05, 0) is 67.6 Å². The number of benzene rings is 2. The molecule has 0 spiro atoms. The molecule has 0 amide bonds. The summed E-state index contributed by atoms with van der Waals surface area (Å²) in [6, 6.07) is 19.9. The first-order valence-corrected chi connectivity index (χ1v) is 10.3. The summed E-state index contributed by atoms with van der Waals surface area (Å²) in [5.41, 5.74) is 11.2. The minimum absolute atomic E-state index is 0.495. The van der Waals surface area contributed by atoms with Crippen molar-refractivity contribution in [3.63, 3.8) is 0 Å². The number of fused-ring (bicyclic) bond motifs is 1. The Hall–Kier alpha value is -3.00. The van der Waals surface area contributed by atoms with Crippen LogP contribution >= 0.6 is 0 Å². The van der Waals surface area contributed by atoms with Crippen LogP contribution in [0.15, 0.2) is 60.8 Å². The molecular weight excluding hydrogens is 352 g/mol. The summed E-state index contributed by atoms with van der Waals surface area (Å²) in [6.45, 7) is 11.0. The summed E-state index contributed by atoms with van der Waals surface area (Å²) in [7, 11) is 2.16. The first-order valence-electron chi connectivity index (χ1n) is 10.3. The molecule has 0 N–H and O–H groups in total. The van der Waals surface area contributed by atoms with Crippen molar-refractivity contribution in [2.24, 2.45) is 7.05 Å². The van der Waals surface area contributed by atoms with Crippen LogP contribution in [0.2, 0.25) is 0 Å². The van der Waals surface area contributed by atoms with Crippen molar-refractivity contribution in [3.8, 4) is 22.5 Å². The molecule has 2 nitrogen and oxygen atoms in total. The van der Waals surface area contributed by atoms with E-state index in [1.165, 1.54) is 44.4 Å². The fraction of sp³-hybridized carbons (Fsp3) is 0.259. The molecule has 2 heterocycles. The molecule has 0 unspecified atom stereocenters. The van der Waals surface area contributed by atoms with Crippen molar-refractivity contribution < 1.29 is 4.57 Å². The third kappa shape index (κ3) is 3.55. The molecule has 0 aliphatic heterocycles. The Labute approximate surface area is 173 Å². The zero-order chi connectivity index (χ0) is 20.7. The third-order valence-corrected chi connectivity index (χ3v) is 6.01. The third-order valence-electron chi connectivity index (χ3n) is 6.01. The second kappa shape index (κ2) is 7.44. The van der Waals surface area contributed by atoms with Crippen LogP contribution in [0.5, 0.6) is 0 Å². The highest BCUT2D eigenvalue weighted by atomic mass is 14.9. The Kier molecular flexibility index (Phi) is 4.96. The van der Waals surface area contributed by atoms with E-state index in [1.54, 1.807) is 0 Å². The summed E-state index contributed by atoms with van der Waals surface area (Å²) in [5.74, 6) is 0.495. The monoisotopic (exact) mass is 381 g/mol. The summed E-state index contributed by atoms with van der Waals surface area (Å²) in [4.78, 5) is 4.72. The van der Waals surface area contributed by atoms with Gasteiger partial charge in [-0.2, -0.15) is 4.57 Å². The van der Waals surface area contributed by atoms with E-state index in [2.05, 4.69) is 101 Å². The molecule has 0 fully saturated rings. The predicted octanol–water partition coefficient (Wildman–Crippen LogP) is 6.44. The minimum Gasteiger partial charge on any atom is -0.256 e. The summed E-state index contributed by atoms with van der Waals surface area (Å²) >= 11 is 0. The van der Waals surface area contributed by atoms with Gasteiger partial charge in [0.15, 0.2) is 0 Å². The van der Waals surface area contributed by atoms with Crippen LogP contribution in [-0.2, 0) is 7.05 Å². The van der Waals surface area contributed by atoms with Crippen LogP contribution in [-0.4, -0.2) is 4.98 Å². The average Bonchev–Trinajstić information content (AvgIpc) is 2.71. The van der Waals surface area contributed by atoms with Crippen LogP contribution in [0.25, 0.3) is 33.4 Å². The lowest BCUT2D eigenvalue weighted by Gasteiger charge is -2.11. The van der Waals surface area contributed by atoms with Gasteiger partial charge in [0.05, 0.1) is 5.69 Å². The highest BCUT2D eigenvalue weighted by Gasteiger charge is 2.18. The van der Waals surface area contributed by atoms with Crippen molar-refractivity contribution in [1.29, 1.82) is 0 Å². The molecule has 4 rings (SSSR count). The van der Waals surface area contributed by atoms with Gasteiger partial charge in [0, 0.05) is 34.8 Å². The van der Waals surface area contributed by atoms with Crippen molar-refractivity contribution >= 4 is 10.9 Å². The number of aryl methyl sites for hydroxylation is 3. The van der Waals surface area contributed by atoms with Crippen LogP contribution in [0.4, 0.5) is 0 Å². The highest BCUT2D eigenvalue weighted by Crippen LogP contribution is 2.28. The van der Waals surface area contributed by atoms with Crippen LogP contribution in [0.3, 0.4) is 0 Å². The lowest BCUT2D eigenvalue weighted by atomic mass is 9.96. The molecule has 0 atom stereocenters. The highest BCUT2D eigenvalue weighted by molar-refractivity contribution is 5.83. The molecule has 0 aliphatic rings. The summed E-state index contributed by atoms with van der Waals surface area (Å²) in [6.07, 6.45) is 2.00. The first kappa shape index (κ1) is 19.3. The molecule has 146 valence electrons. The number of rotatable bonds is 3. The summed E-state index contributed by atoms with van der Waals surface area (Å²) < 4.78 is 2.31. The van der Waals surface area contributed by atoms with E-state index in [0.717, 1.165) is 11.3 Å². The van der Waals surface area contributed by atoms with Crippen LogP contribution in [0, 0.1) is 20.8 Å². The maximum atomic E-state index is 4.72. The fourth-order valence-electron chi connectivity index (χ4n) is 4.04. The van der Waals surface area contributed by atoms with Crippen molar-refractivity contribution in [2.45, 2.75) is 40.5 Å². The molecule has 0 radical (unpaired) electrons. The number of hydrogen-bond donors (Lipinski definition) is 0. The van der Waals surface area contributed by atoms with Crippen LogP contribution in [0.1, 0.15) is 42.0 Å². The van der Waals surface area contributed by atoms with E-state index in [9.17, 15) is 0 Å². The molecule has 0 bridgehead atoms. The van der Waals surface area contributed by atoms with Crippen molar-refractivity contribution in [1.82, 2.24) is 4.98 Å². The molecule has 2 aromatic heterocycles. The zero-order valence-corrected chi connectivity index (χ0v) is 18.2. The number of pyridine rings is 2. The molecule has 0 saturated heterocycles. The summed E-state index contributed by atoms with van der Waals surface area (Å²) in [5, 5.41) is 1.24. The quantitative estimate of drug-likeness (QED) is 0.373. The van der Waals surface area contributed by atoms with Gasteiger partial charge in [0.1, 0.15) is 7.05 Å². The van der Waals surface area contributed by atoms with Gasteiger partial charge in [-0.15, -0.1) is 0 Å². The fourth-order valence-corrected chi connectivity index (χ4v) is 4.04. The van der Waals surface area contributed by atoms with E-state index in [1.807, 2.05) is 6.20 Å². The maximum absolute atomic E-state index is 4.72. The molecule has 2 aromatic carbocycles.